The summed E-state index contributed by atoms with van der Waals surface area (Å²) in [6, 6.07) is 7.59. The second kappa shape index (κ2) is 6.78. The van der Waals surface area contributed by atoms with Gasteiger partial charge < -0.3 is 10.1 Å². The highest BCUT2D eigenvalue weighted by Gasteiger charge is 2.23. The quantitative estimate of drug-likeness (QED) is 0.820. The summed E-state index contributed by atoms with van der Waals surface area (Å²) in [7, 11) is 1.62. The molecule has 1 rings (SSSR count). The monoisotopic (exact) mass is 313 g/mol. The molecule has 0 aliphatic heterocycles. The lowest BCUT2D eigenvalue weighted by molar-refractivity contribution is -0.122. The van der Waals surface area contributed by atoms with Crippen molar-refractivity contribution in [2.24, 2.45) is 0 Å². The van der Waals surface area contributed by atoms with Crippen molar-refractivity contribution in [3.8, 4) is 5.75 Å². The van der Waals surface area contributed by atoms with Gasteiger partial charge in [0.05, 0.1) is 13.5 Å². The van der Waals surface area contributed by atoms with Crippen LogP contribution in [0.4, 0.5) is 0 Å². The first kappa shape index (κ1) is 15.0. The van der Waals surface area contributed by atoms with Crippen molar-refractivity contribution >= 4 is 21.8 Å². The Morgan fingerprint density at radius 2 is 2.11 bits per heavy atom. The van der Waals surface area contributed by atoms with Crippen LogP contribution in [0.3, 0.4) is 0 Å². The van der Waals surface area contributed by atoms with Gasteiger partial charge in [0.1, 0.15) is 5.75 Å². The van der Waals surface area contributed by atoms with Crippen molar-refractivity contribution in [3.63, 3.8) is 0 Å². The van der Waals surface area contributed by atoms with Crippen molar-refractivity contribution in [2.45, 2.75) is 32.2 Å². The molecule has 0 aliphatic carbocycles. The molecule has 0 heterocycles. The molecule has 1 N–H and O–H groups in total. The molecule has 0 fully saturated rings. The molecule has 0 bridgehead atoms. The van der Waals surface area contributed by atoms with Gasteiger partial charge in [-0.3, -0.25) is 4.79 Å². The Bertz CT molecular complexity index is 403. The van der Waals surface area contributed by atoms with Crippen LogP contribution in [0.5, 0.6) is 5.75 Å². The molecule has 0 radical (unpaired) electrons. The first-order valence-corrected chi connectivity index (χ1v) is 7.15. The molecule has 1 amide bonds. The smallest absolute Gasteiger partial charge is 0.225 e. The normalized spacial score (nSPS) is 13.8. The Balaban J connectivity index is 2.70. The van der Waals surface area contributed by atoms with E-state index in [0.717, 1.165) is 23.1 Å². The molecule has 0 saturated heterocycles. The van der Waals surface area contributed by atoms with Crippen LogP contribution in [0.15, 0.2) is 24.3 Å². The van der Waals surface area contributed by atoms with Crippen LogP contribution in [0, 0.1) is 0 Å². The lowest BCUT2D eigenvalue weighted by Crippen LogP contribution is -2.47. The van der Waals surface area contributed by atoms with Crippen molar-refractivity contribution in [1.82, 2.24) is 5.32 Å². The van der Waals surface area contributed by atoms with Crippen LogP contribution < -0.4 is 10.1 Å². The minimum atomic E-state index is -0.195. The number of benzene rings is 1. The van der Waals surface area contributed by atoms with Gasteiger partial charge in [-0.05, 0) is 19.4 Å². The number of carbonyl (C=O) groups excluding carboxylic acids is 1. The van der Waals surface area contributed by atoms with E-state index in [4.69, 9.17) is 4.74 Å². The SMILES string of the molecule is CCC(C)(CBr)NC(=O)Cc1ccccc1OC. The average Bonchev–Trinajstić information content (AvgIpc) is 2.39. The summed E-state index contributed by atoms with van der Waals surface area (Å²) in [6.07, 6.45) is 1.22. The van der Waals surface area contributed by atoms with E-state index in [9.17, 15) is 4.79 Å². The Hall–Kier alpha value is -1.03. The minimum absolute atomic E-state index is 0.0169. The third-order valence-electron chi connectivity index (χ3n) is 3.06. The zero-order valence-corrected chi connectivity index (χ0v) is 12.7. The van der Waals surface area contributed by atoms with Crippen molar-refractivity contribution in [3.05, 3.63) is 29.8 Å². The van der Waals surface area contributed by atoms with E-state index < -0.39 is 0 Å². The summed E-state index contributed by atoms with van der Waals surface area (Å²) >= 11 is 3.43. The fourth-order valence-corrected chi connectivity index (χ4v) is 2.16. The van der Waals surface area contributed by atoms with Gasteiger partial charge in [-0.1, -0.05) is 41.1 Å². The molecule has 1 atom stereocenters. The highest BCUT2D eigenvalue weighted by atomic mass is 79.9. The van der Waals surface area contributed by atoms with Gasteiger partial charge in [-0.2, -0.15) is 0 Å². The number of carbonyl (C=O) groups is 1. The zero-order valence-electron chi connectivity index (χ0n) is 11.1. The standard InChI is InChI=1S/C14H20BrNO2/c1-4-14(2,10-15)16-13(17)9-11-7-5-6-8-12(11)18-3/h5-8H,4,9-10H2,1-3H3,(H,16,17). The summed E-state index contributed by atoms with van der Waals surface area (Å²) in [4.78, 5) is 12.0. The first-order valence-electron chi connectivity index (χ1n) is 6.03. The fraction of sp³-hybridized carbons (Fsp3) is 0.500. The lowest BCUT2D eigenvalue weighted by Gasteiger charge is -2.27. The van der Waals surface area contributed by atoms with Crippen molar-refractivity contribution in [1.29, 1.82) is 0 Å². The van der Waals surface area contributed by atoms with Crippen LogP contribution in [-0.2, 0) is 11.2 Å². The summed E-state index contributed by atoms with van der Waals surface area (Å²) in [5.74, 6) is 0.771. The van der Waals surface area contributed by atoms with Crippen LogP contribution >= 0.6 is 15.9 Å². The molecule has 0 aliphatic rings. The Morgan fingerprint density at radius 1 is 1.44 bits per heavy atom. The molecule has 0 aromatic heterocycles. The van der Waals surface area contributed by atoms with Gasteiger partial charge in [0.2, 0.25) is 5.91 Å². The minimum Gasteiger partial charge on any atom is -0.496 e. The summed E-state index contributed by atoms with van der Waals surface area (Å²) in [5, 5.41) is 3.80. The topological polar surface area (TPSA) is 38.3 Å². The molecule has 1 unspecified atom stereocenters. The maximum Gasteiger partial charge on any atom is 0.225 e. The number of halogens is 1. The maximum absolute atomic E-state index is 12.0. The molecular weight excluding hydrogens is 294 g/mol. The lowest BCUT2D eigenvalue weighted by atomic mass is 10.0. The first-order chi connectivity index (χ1) is 8.54. The third kappa shape index (κ3) is 4.02. The predicted molar refractivity (Wildman–Crippen MR) is 77.3 cm³/mol. The predicted octanol–water partition coefficient (Wildman–Crippen LogP) is 2.92. The maximum atomic E-state index is 12.0. The van der Waals surface area contributed by atoms with Gasteiger partial charge in [-0.25, -0.2) is 0 Å². The number of amides is 1. The van der Waals surface area contributed by atoms with Crippen LogP contribution in [0.25, 0.3) is 0 Å². The summed E-state index contributed by atoms with van der Waals surface area (Å²) < 4.78 is 5.24. The average molecular weight is 314 g/mol. The van der Waals surface area contributed by atoms with E-state index in [2.05, 4.69) is 28.2 Å². The number of hydrogen-bond donors (Lipinski definition) is 1. The van der Waals surface area contributed by atoms with E-state index in [-0.39, 0.29) is 11.4 Å². The summed E-state index contributed by atoms with van der Waals surface area (Å²) in [5.41, 5.74) is 0.713. The van der Waals surface area contributed by atoms with Gasteiger partial charge in [0, 0.05) is 16.4 Å². The van der Waals surface area contributed by atoms with Crippen LogP contribution in [-0.4, -0.2) is 23.9 Å². The van der Waals surface area contributed by atoms with Crippen LogP contribution in [0.2, 0.25) is 0 Å². The number of hydrogen-bond acceptors (Lipinski definition) is 2. The van der Waals surface area contributed by atoms with Gasteiger partial charge in [-0.15, -0.1) is 0 Å². The van der Waals surface area contributed by atoms with Gasteiger partial charge >= 0.3 is 0 Å². The molecule has 3 nitrogen and oxygen atoms in total. The molecule has 4 heteroatoms. The third-order valence-corrected chi connectivity index (χ3v) is 4.30. The number of alkyl halides is 1. The molecule has 0 spiro atoms. The zero-order chi connectivity index (χ0) is 13.6. The van der Waals surface area contributed by atoms with Crippen molar-refractivity contribution in [2.75, 3.05) is 12.4 Å². The Kier molecular flexibility index (Phi) is 5.66. The van der Waals surface area contributed by atoms with E-state index in [1.165, 1.54) is 0 Å². The molecule has 1 aromatic rings. The number of rotatable bonds is 6. The van der Waals surface area contributed by atoms with Gasteiger partial charge in [0.25, 0.3) is 0 Å². The highest BCUT2D eigenvalue weighted by Crippen LogP contribution is 2.19. The fourth-order valence-electron chi connectivity index (χ4n) is 1.62. The number of methoxy groups -OCH3 is 1. The Labute approximate surface area is 117 Å². The van der Waals surface area contributed by atoms with Crippen molar-refractivity contribution < 1.29 is 9.53 Å². The largest absolute Gasteiger partial charge is 0.496 e. The summed E-state index contributed by atoms with van der Waals surface area (Å²) in [6.45, 7) is 4.09. The molecule has 100 valence electrons. The number of ether oxygens (including phenoxy) is 1. The van der Waals surface area contributed by atoms with E-state index >= 15 is 0 Å². The second-order valence-electron chi connectivity index (χ2n) is 4.58. The van der Waals surface area contributed by atoms with E-state index in [1.807, 2.05) is 31.2 Å². The molecule has 1 aromatic carbocycles. The van der Waals surface area contributed by atoms with Crippen LogP contribution in [0.1, 0.15) is 25.8 Å². The highest BCUT2D eigenvalue weighted by molar-refractivity contribution is 9.09. The molecule has 0 saturated carbocycles. The number of nitrogens with one attached hydrogen (secondary N) is 1. The van der Waals surface area contributed by atoms with E-state index in [0.29, 0.717) is 6.42 Å². The number of para-hydroxylation sites is 1. The molecule has 18 heavy (non-hydrogen) atoms. The Morgan fingerprint density at radius 3 is 2.67 bits per heavy atom. The second-order valence-corrected chi connectivity index (χ2v) is 5.15. The van der Waals surface area contributed by atoms with Gasteiger partial charge in [0.15, 0.2) is 0 Å². The molecular formula is C14H20BrNO2. The van der Waals surface area contributed by atoms with E-state index in [1.54, 1.807) is 7.11 Å².